The van der Waals surface area contributed by atoms with E-state index in [1.54, 1.807) is 10.9 Å². The molecule has 150 valence electrons. The molecule has 6 nitrogen and oxygen atoms in total. The van der Waals surface area contributed by atoms with Gasteiger partial charge in [0.1, 0.15) is 0 Å². The van der Waals surface area contributed by atoms with Gasteiger partial charge < -0.3 is 10.4 Å². The molecule has 1 atom stereocenters. The monoisotopic (exact) mass is 382 g/mol. The molecule has 2 aromatic rings. The lowest BCUT2D eigenvalue weighted by molar-refractivity contribution is 0.0235. The number of rotatable bonds is 6. The van der Waals surface area contributed by atoms with Gasteiger partial charge >= 0.3 is 0 Å². The van der Waals surface area contributed by atoms with Gasteiger partial charge in [-0.05, 0) is 62.4 Å². The van der Waals surface area contributed by atoms with Crippen molar-refractivity contribution in [1.29, 1.82) is 0 Å². The maximum absolute atomic E-state index is 12.9. The lowest BCUT2D eigenvalue weighted by Crippen LogP contribution is -2.41. The Bertz CT molecular complexity index is 789. The number of amides is 1. The van der Waals surface area contributed by atoms with Gasteiger partial charge in [-0.1, -0.05) is 18.6 Å². The van der Waals surface area contributed by atoms with E-state index in [0.29, 0.717) is 18.4 Å². The zero-order chi connectivity index (χ0) is 19.5. The van der Waals surface area contributed by atoms with E-state index in [4.69, 9.17) is 0 Å². The molecule has 2 N–H and O–H groups in total. The first-order chi connectivity index (χ1) is 13.6. The third-order valence-corrected chi connectivity index (χ3v) is 6.06. The number of aryl methyl sites for hydroxylation is 1. The summed E-state index contributed by atoms with van der Waals surface area (Å²) in [6.07, 6.45) is 8.83. The zero-order valence-corrected chi connectivity index (χ0v) is 16.6. The van der Waals surface area contributed by atoms with Crippen LogP contribution >= 0.6 is 0 Å². The number of nitrogens with one attached hydrogen (secondary N) is 1. The SMILES string of the molecule is Cn1cc([C@@H](NC(=O)c2ccc(CN3CCCCC3)cc2)C2CC(O)C2)cn1. The first-order valence-corrected chi connectivity index (χ1v) is 10.4. The molecule has 1 saturated carbocycles. The second-order valence-corrected chi connectivity index (χ2v) is 8.32. The number of aliphatic hydroxyl groups is 1. The van der Waals surface area contributed by atoms with Crippen molar-refractivity contribution in [3.05, 3.63) is 53.3 Å². The molecule has 0 spiro atoms. The van der Waals surface area contributed by atoms with E-state index >= 15 is 0 Å². The van der Waals surface area contributed by atoms with Gasteiger partial charge in [0.15, 0.2) is 0 Å². The third-order valence-electron chi connectivity index (χ3n) is 6.06. The number of nitrogens with zero attached hydrogens (tertiary/aromatic N) is 3. The first kappa shape index (κ1) is 19.2. The number of aromatic nitrogens is 2. The molecule has 0 bridgehead atoms. The lowest BCUT2D eigenvalue weighted by atomic mass is 9.75. The Morgan fingerprint density at radius 1 is 1.21 bits per heavy atom. The van der Waals surface area contributed by atoms with Crippen molar-refractivity contribution in [2.45, 2.75) is 50.8 Å². The molecular weight excluding hydrogens is 352 g/mol. The van der Waals surface area contributed by atoms with Crippen molar-refractivity contribution in [3.8, 4) is 0 Å². The van der Waals surface area contributed by atoms with E-state index in [-0.39, 0.29) is 24.0 Å². The quantitative estimate of drug-likeness (QED) is 0.806. The van der Waals surface area contributed by atoms with Crippen molar-refractivity contribution in [2.75, 3.05) is 13.1 Å². The Hall–Kier alpha value is -2.18. The topological polar surface area (TPSA) is 70.4 Å². The zero-order valence-electron chi connectivity index (χ0n) is 16.6. The molecule has 2 heterocycles. The van der Waals surface area contributed by atoms with E-state index in [2.05, 4.69) is 27.4 Å². The highest BCUT2D eigenvalue weighted by Gasteiger charge is 2.36. The number of carbonyl (C=O) groups excluding carboxylic acids is 1. The minimum Gasteiger partial charge on any atom is -0.393 e. The van der Waals surface area contributed by atoms with E-state index in [0.717, 1.165) is 12.1 Å². The number of hydrogen-bond donors (Lipinski definition) is 2. The van der Waals surface area contributed by atoms with Crippen LogP contribution in [0.3, 0.4) is 0 Å². The first-order valence-electron chi connectivity index (χ1n) is 10.4. The average Bonchev–Trinajstić information content (AvgIpc) is 3.11. The highest BCUT2D eigenvalue weighted by Crippen LogP contribution is 2.38. The lowest BCUT2D eigenvalue weighted by Gasteiger charge is -2.37. The summed E-state index contributed by atoms with van der Waals surface area (Å²) in [5.74, 6) is 0.182. The smallest absolute Gasteiger partial charge is 0.251 e. The van der Waals surface area contributed by atoms with Crippen LogP contribution in [0.5, 0.6) is 0 Å². The van der Waals surface area contributed by atoms with Crippen LogP contribution in [0.4, 0.5) is 0 Å². The summed E-state index contributed by atoms with van der Waals surface area (Å²) >= 11 is 0. The molecule has 1 aromatic carbocycles. The normalized spacial score (nSPS) is 23.8. The van der Waals surface area contributed by atoms with E-state index < -0.39 is 0 Å². The fraction of sp³-hybridized carbons (Fsp3) is 0.545. The summed E-state index contributed by atoms with van der Waals surface area (Å²) in [6, 6.07) is 7.86. The van der Waals surface area contributed by atoms with Crippen molar-refractivity contribution >= 4 is 5.91 Å². The molecule has 1 amide bonds. The van der Waals surface area contributed by atoms with Gasteiger partial charge in [-0.3, -0.25) is 14.4 Å². The third kappa shape index (κ3) is 4.45. The van der Waals surface area contributed by atoms with Gasteiger partial charge in [0.2, 0.25) is 0 Å². The summed E-state index contributed by atoms with van der Waals surface area (Å²) < 4.78 is 1.75. The summed E-state index contributed by atoms with van der Waals surface area (Å²) in [6.45, 7) is 3.30. The van der Waals surface area contributed by atoms with Crippen LogP contribution < -0.4 is 5.32 Å². The molecule has 1 saturated heterocycles. The Morgan fingerprint density at radius 3 is 2.54 bits per heavy atom. The second kappa shape index (κ2) is 8.45. The van der Waals surface area contributed by atoms with Crippen LogP contribution in [0.2, 0.25) is 0 Å². The van der Waals surface area contributed by atoms with E-state index in [9.17, 15) is 9.90 Å². The molecular formula is C22H30N4O2. The molecule has 2 aliphatic rings. The predicted octanol–water partition coefficient (Wildman–Crippen LogP) is 2.65. The standard InChI is InChI=1S/C22H30N4O2/c1-25-15-19(13-23-25)21(18-11-20(27)12-18)24-22(28)17-7-5-16(6-8-17)14-26-9-3-2-4-10-26/h5-8,13,15,18,20-21,27H,2-4,9-12,14H2,1H3,(H,24,28)/t18?,20?,21-/m0/s1. The molecule has 0 radical (unpaired) electrons. The highest BCUT2D eigenvalue weighted by molar-refractivity contribution is 5.94. The van der Waals surface area contributed by atoms with Crippen LogP contribution in [0.15, 0.2) is 36.7 Å². The van der Waals surface area contributed by atoms with Gasteiger partial charge in [-0.2, -0.15) is 5.10 Å². The summed E-state index contributed by atoms with van der Waals surface area (Å²) in [5, 5.41) is 17.1. The van der Waals surface area contributed by atoms with Crippen molar-refractivity contribution in [3.63, 3.8) is 0 Å². The number of hydrogen-bond acceptors (Lipinski definition) is 4. The average molecular weight is 383 g/mol. The number of likely N-dealkylation sites (tertiary alicyclic amines) is 1. The van der Waals surface area contributed by atoms with Crippen LogP contribution in [-0.4, -0.2) is 44.9 Å². The number of carbonyl (C=O) groups is 1. The molecule has 1 aliphatic carbocycles. The van der Waals surface area contributed by atoms with Gasteiger partial charge in [0, 0.05) is 30.9 Å². The summed E-state index contributed by atoms with van der Waals surface area (Å²) in [7, 11) is 1.87. The molecule has 1 aromatic heterocycles. The van der Waals surface area contributed by atoms with E-state index in [1.165, 1.54) is 37.9 Å². The fourth-order valence-electron chi connectivity index (χ4n) is 4.34. The van der Waals surface area contributed by atoms with Crippen LogP contribution in [-0.2, 0) is 13.6 Å². The second-order valence-electron chi connectivity index (χ2n) is 8.32. The van der Waals surface area contributed by atoms with Crippen molar-refractivity contribution in [1.82, 2.24) is 20.0 Å². The predicted molar refractivity (Wildman–Crippen MR) is 108 cm³/mol. The summed E-state index contributed by atoms with van der Waals surface area (Å²) in [5.41, 5.74) is 2.93. The summed E-state index contributed by atoms with van der Waals surface area (Å²) in [4.78, 5) is 15.3. The minimum absolute atomic E-state index is 0.0697. The van der Waals surface area contributed by atoms with Gasteiger partial charge in [-0.25, -0.2) is 0 Å². The Morgan fingerprint density at radius 2 is 1.93 bits per heavy atom. The van der Waals surface area contributed by atoms with Crippen molar-refractivity contribution < 1.29 is 9.90 Å². The Labute approximate surface area is 166 Å². The van der Waals surface area contributed by atoms with Crippen LogP contribution in [0.1, 0.15) is 59.6 Å². The van der Waals surface area contributed by atoms with Crippen LogP contribution in [0.25, 0.3) is 0 Å². The molecule has 0 unspecified atom stereocenters. The maximum Gasteiger partial charge on any atom is 0.251 e. The number of benzene rings is 1. The minimum atomic E-state index is -0.254. The fourth-order valence-corrected chi connectivity index (χ4v) is 4.34. The molecule has 2 fully saturated rings. The Balaban J connectivity index is 1.40. The van der Waals surface area contributed by atoms with Gasteiger partial charge in [0.25, 0.3) is 5.91 Å². The van der Waals surface area contributed by atoms with E-state index in [1.807, 2.05) is 25.4 Å². The molecule has 1 aliphatic heterocycles. The maximum atomic E-state index is 12.9. The highest BCUT2D eigenvalue weighted by atomic mass is 16.3. The van der Waals surface area contributed by atoms with Gasteiger partial charge in [0.05, 0.1) is 18.3 Å². The molecule has 28 heavy (non-hydrogen) atoms. The number of aliphatic hydroxyl groups excluding tert-OH is 1. The molecule has 4 rings (SSSR count). The number of piperidine rings is 1. The van der Waals surface area contributed by atoms with Crippen molar-refractivity contribution in [2.24, 2.45) is 13.0 Å². The van der Waals surface area contributed by atoms with Crippen LogP contribution in [0, 0.1) is 5.92 Å². The van der Waals surface area contributed by atoms with Gasteiger partial charge in [-0.15, -0.1) is 0 Å². The molecule has 6 heteroatoms. The Kier molecular flexibility index (Phi) is 5.78. The largest absolute Gasteiger partial charge is 0.393 e.